The van der Waals surface area contributed by atoms with E-state index in [-0.39, 0.29) is 18.4 Å². The van der Waals surface area contributed by atoms with Crippen molar-refractivity contribution in [2.45, 2.75) is 13.0 Å². The molecule has 1 aromatic rings. The van der Waals surface area contributed by atoms with Gasteiger partial charge in [-0.25, -0.2) is 0 Å². The smallest absolute Gasteiger partial charge is 0.268 e. The van der Waals surface area contributed by atoms with E-state index in [9.17, 15) is 9.59 Å². The van der Waals surface area contributed by atoms with E-state index in [2.05, 4.69) is 5.32 Å². The number of para-hydroxylation sites is 1. The molecule has 0 aliphatic carbocycles. The molecule has 3 N–H and O–H groups in total. The van der Waals surface area contributed by atoms with Gasteiger partial charge in [0.15, 0.2) is 11.9 Å². The topological polar surface area (TPSA) is 93.9 Å². The number of rotatable bonds is 5. The van der Waals surface area contributed by atoms with Crippen LogP contribution in [0.2, 0.25) is 0 Å². The van der Waals surface area contributed by atoms with Crippen molar-refractivity contribution in [1.82, 2.24) is 5.32 Å². The largest absolute Gasteiger partial charge is 0.477 e. The van der Waals surface area contributed by atoms with E-state index in [0.29, 0.717) is 30.3 Å². The van der Waals surface area contributed by atoms with Crippen LogP contribution in [-0.2, 0) is 14.3 Å². The molecule has 0 bridgehead atoms. The predicted octanol–water partition coefficient (Wildman–Crippen LogP) is 0.145. The van der Waals surface area contributed by atoms with Gasteiger partial charge in [0.2, 0.25) is 5.91 Å². The minimum Gasteiger partial charge on any atom is -0.477 e. The maximum Gasteiger partial charge on any atom is 0.268 e. The van der Waals surface area contributed by atoms with Crippen LogP contribution in [0.3, 0.4) is 0 Å². The molecule has 2 amide bonds. The molecule has 7 nitrogen and oxygen atoms in total. The fourth-order valence-electron chi connectivity index (χ4n) is 2.10. The lowest BCUT2D eigenvalue weighted by Gasteiger charge is -2.33. The first-order chi connectivity index (χ1) is 10.0. The Bertz CT molecular complexity index is 547. The second-order valence-electron chi connectivity index (χ2n) is 4.72. The van der Waals surface area contributed by atoms with Gasteiger partial charge in [-0.05, 0) is 19.1 Å². The summed E-state index contributed by atoms with van der Waals surface area (Å²) in [5.74, 6) is -0.0906. The van der Waals surface area contributed by atoms with Crippen molar-refractivity contribution in [3.05, 3.63) is 18.2 Å². The number of nitrogen functional groups attached to an aromatic ring is 1. The molecule has 1 aromatic carbocycles. The molecule has 1 aliphatic heterocycles. The summed E-state index contributed by atoms with van der Waals surface area (Å²) in [6, 6.07) is 5.12. The Hall–Kier alpha value is -2.28. The monoisotopic (exact) mass is 293 g/mol. The summed E-state index contributed by atoms with van der Waals surface area (Å²) in [5, 5.41) is 2.68. The molecule has 21 heavy (non-hydrogen) atoms. The zero-order chi connectivity index (χ0) is 15.4. The average Bonchev–Trinajstić information content (AvgIpc) is 2.45. The molecule has 0 saturated carbocycles. The fourth-order valence-corrected chi connectivity index (χ4v) is 2.10. The second-order valence-corrected chi connectivity index (χ2v) is 4.72. The van der Waals surface area contributed by atoms with Crippen LogP contribution in [0.4, 0.5) is 11.4 Å². The van der Waals surface area contributed by atoms with Crippen LogP contribution in [0, 0.1) is 0 Å². The summed E-state index contributed by atoms with van der Waals surface area (Å²) in [6.07, 6.45) is -0.672. The van der Waals surface area contributed by atoms with Gasteiger partial charge in [-0.2, -0.15) is 0 Å². The first-order valence-corrected chi connectivity index (χ1v) is 6.66. The number of ether oxygens (including phenoxy) is 2. The molecule has 1 heterocycles. The quantitative estimate of drug-likeness (QED) is 0.595. The van der Waals surface area contributed by atoms with E-state index >= 15 is 0 Å². The molecule has 0 fully saturated rings. The third-order valence-electron chi connectivity index (χ3n) is 3.15. The van der Waals surface area contributed by atoms with Gasteiger partial charge in [0.05, 0.1) is 18.0 Å². The van der Waals surface area contributed by atoms with Crippen LogP contribution < -0.4 is 20.7 Å². The Balaban J connectivity index is 2.16. The van der Waals surface area contributed by atoms with Crippen molar-refractivity contribution in [2.75, 3.05) is 37.4 Å². The van der Waals surface area contributed by atoms with Gasteiger partial charge in [-0.3, -0.25) is 14.5 Å². The van der Waals surface area contributed by atoms with E-state index in [4.69, 9.17) is 15.2 Å². The third kappa shape index (κ3) is 3.25. The normalized spacial score (nSPS) is 17.1. The minimum atomic E-state index is -0.672. The minimum absolute atomic E-state index is 0.0767. The average molecular weight is 293 g/mol. The van der Waals surface area contributed by atoms with Crippen LogP contribution in [0.15, 0.2) is 18.2 Å². The molecule has 0 radical (unpaired) electrons. The van der Waals surface area contributed by atoms with Crippen LogP contribution >= 0.6 is 0 Å². The summed E-state index contributed by atoms with van der Waals surface area (Å²) in [5.41, 5.74) is 6.82. The van der Waals surface area contributed by atoms with Crippen molar-refractivity contribution >= 4 is 23.2 Å². The number of anilines is 2. The number of carbonyl (C=O) groups is 2. The summed E-state index contributed by atoms with van der Waals surface area (Å²) in [4.78, 5) is 25.5. The van der Waals surface area contributed by atoms with Crippen LogP contribution in [0.5, 0.6) is 5.75 Å². The first kappa shape index (κ1) is 15.1. The maximum atomic E-state index is 12.2. The summed E-state index contributed by atoms with van der Waals surface area (Å²) < 4.78 is 10.4. The number of nitrogens with one attached hydrogen (secondary N) is 1. The molecule has 0 aromatic heterocycles. The number of benzene rings is 1. The van der Waals surface area contributed by atoms with Gasteiger partial charge < -0.3 is 20.5 Å². The van der Waals surface area contributed by atoms with Crippen molar-refractivity contribution < 1.29 is 19.1 Å². The van der Waals surface area contributed by atoms with E-state index in [1.807, 2.05) is 0 Å². The van der Waals surface area contributed by atoms with Crippen molar-refractivity contribution in [3.63, 3.8) is 0 Å². The lowest BCUT2D eigenvalue weighted by Crippen LogP contribution is -2.49. The highest BCUT2D eigenvalue weighted by molar-refractivity contribution is 6.04. The fraction of sp³-hybridized carbons (Fsp3) is 0.429. The summed E-state index contributed by atoms with van der Waals surface area (Å²) >= 11 is 0. The van der Waals surface area contributed by atoms with E-state index in [0.717, 1.165) is 0 Å². The zero-order valence-corrected chi connectivity index (χ0v) is 12.1. The molecule has 1 unspecified atom stereocenters. The molecule has 1 aliphatic rings. The van der Waals surface area contributed by atoms with Crippen molar-refractivity contribution in [1.29, 1.82) is 0 Å². The maximum absolute atomic E-state index is 12.2. The van der Waals surface area contributed by atoms with E-state index in [1.165, 1.54) is 4.90 Å². The number of hydrogen-bond donors (Lipinski definition) is 2. The van der Waals surface area contributed by atoms with Gasteiger partial charge in [0.1, 0.15) is 6.54 Å². The number of carbonyl (C=O) groups excluding carboxylic acids is 2. The standard InChI is InChI=1S/C14H19N3O4/c1-9-14(19)17(8-12(18)16-6-7-20-2)11-5-3-4-10(15)13(11)21-9/h3-5,9H,6-8,15H2,1-2H3,(H,16,18). The Kier molecular flexibility index (Phi) is 4.64. The van der Waals surface area contributed by atoms with Gasteiger partial charge in [0, 0.05) is 13.7 Å². The molecule has 1 atom stereocenters. The Morgan fingerprint density at radius 2 is 2.29 bits per heavy atom. The summed E-state index contributed by atoms with van der Waals surface area (Å²) in [7, 11) is 1.55. The molecule has 0 saturated heterocycles. The predicted molar refractivity (Wildman–Crippen MR) is 78.2 cm³/mol. The number of hydrogen-bond acceptors (Lipinski definition) is 5. The molecule has 7 heteroatoms. The highest BCUT2D eigenvalue weighted by Gasteiger charge is 2.33. The highest BCUT2D eigenvalue weighted by atomic mass is 16.5. The molecule has 2 rings (SSSR count). The van der Waals surface area contributed by atoms with Crippen LogP contribution in [-0.4, -0.2) is 44.7 Å². The lowest BCUT2D eigenvalue weighted by atomic mass is 10.1. The zero-order valence-electron chi connectivity index (χ0n) is 12.1. The molecule has 114 valence electrons. The molecular weight excluding hydrogens is 274 g/mol. The van der Waals surface area contributed by atoms with Gasteiger partial charge >= 0.3 is 0 Å². The number of fused-ring (bicyclic) bond motifs is 1. The van der Waals surface area contributed by atoms with Crippen LogP contribution in [0.1, 0.15) is 6.92 Å². The van der Waals surface area contributed by atoms with Gasteiger partial charge in [-0.1, -0.05) is 6.07 Å². The Morgan fingerprint density at radius 3 is 3.00 bits per heavy atom. The Morgan fingerprint density at radius 1 is 1.52 bits per heavy atom. The Labute approximate surface area is 123 Å². The second kappa shape index (κ2) is 6.45. The van der Waals surface area contributed by atoms with Crippen LogP contribution in [0.25, 0.3) is 0 Å². The van der Waals surface area contributed by atoms with Gasteiger partial charge in [-0.15, -0.1) is 0 Å². The lowest BCUT2D eigenvalue weighted by molar-refractivity contribution is -0.128. The van der Waals surface area contributed by atoms with E-state index < -0.39 is 6.10 Å². The number of nitrogens with zero attached hydrogens (tertiary/aromatic N) is 1. The third-order valence-corrected chi connectivity index (χ3v) is 3.15. The summed E-state index contributed by atoms with van der Waals surface area (Å²) in [6.45, 7) is 2.37. The number of methoxy groups -OCH3 is 1. The molecular formula is C14H19N3O4. The van der Waals surface area contributed by atoms with E-state index in [1.54, 1.807) is 32.2 Å². The first-order valence-electron chi connectivity index (χ1n) is 6.66. The highest BCUT2D eigenvalue weighted by Crippen LogP contribution is 2.38. The SMILES string of the molecule is COCCNC(=O)CN1C(=O)C(C)Oc2c(N)cccc21. The molecule has 0 spiro atoms. The number of nitrogens with two attached hydrogens (primary N) is 1. The number of amides is 2. The van der Waals surface area contributed by atoms with Crippen molar-refractivity contribution in [3.8, 4) is 5.75 Å². The van der Waals surface area contributed by atoms with Gasteiger partial charge in [0.25, 0.3) is 5.91 Å². The van der Waals surface area contributed by atoms with Crippen molar-refractivity contribution in [2.24, 2.45) is 0 Å².